The van der Waals surface area contributed by atoms with Gasteiger partial charge in [-0.05, 0) is 35.0 Å². The normalized spacial score (nSPS) is 11.3. The van der Waals surface area contributed by atoms with Crippen LogP contribution >= 0.6 is 0 Å². The number of carboxylic acid groups (broad SMARTS) is 2. The lowest BCUT2D eigenvalue weighted by molar-refractivity contribution is -0.210. The molecule has 20 heavy (non-hydrogen) atoms. The molecule has 0 unspecified atom stereocenters. The number of ether oxygens (including phenoxy) is 1. The smallest absolute Gasteiger partial charge is 0.478 e. The van der Waals surface area contributed by atoms with Gasteiger partial charge in [0.05, 0.1) is 5.56 Å². The zero-order valence-electron chi connectivity index (χ0n) is 9.84. The summed E-state index contributed by atoms with van der Waals surface area (Å²) in [5.41, 5.74) is 0.0574. The number of halogens is 2. The number of aliphatic carboxylic acids is 1. The average molecular weight is 282 g/mol. The molecular formula is C13H8F2O5. The second-order valence-corrected chi connectivity index (χ2v) is 3.95. The molecule has 2 aromatic rings. The van der Waals surface area contributed by atoms with Crippen molar-refractivity contribution in [3.05, 3.63) is 42.0 Å². The molecular weight excluding hydrogens is 274 g/mol. The van der Waals surface area contributed by atoms with Crippen LogP contribution in [0.5, 0.6) is 5.75 Å². The van der Waals surface area contributed by atoms with E-state index in [0.29, 0.717) is 10.8 Å². The van der Waals surface area contributed by atoms with E-state index in [1.54, 1.807) is 0 Å². The van der Waals surface area contributed by atoms with Crippen molar-refractivity contribution in [2.24, 2.45) is 0 Å². The van der Waals surface area contributed by atoms with Crippen molar-refractivity contribution in [2.75, 3.05) is 0 Å². The molecule has 0 spiro atoms. The summed E-state index contributed by atoms with van der Waals surface area (Å²) in [5, 5.41) is 18.1. The van der Waals surface area contributed by atoms with Gasteiger partial charge in [0.1, 0.15) is 5.75 Å². The van der Waals surface area contributed by atoms with Crippen molar-refractivity contribution in [1.29, 1.82) is 0 Å². The Morgan fingerprint density at radius 3 is 2.20 bits per heavy atom. The Balaban J connectivity index is 2.38. The van der Waals surface area contributed by atoms with E-state index in [0.717, 1.165) is 6.07 Å². The van der Waals surface area contributed by atoms with E-state index < -0.39 is 18.0 Å². The Hall–Kier alpha value is -2.70. The maximum atomic E-state index is 12.9. The lowest BCUT2D eigenvalue weighted by Crippen LogP contribution is -2.34. The van der Waals surface area contributed by atoms with Crippen LogP contribution < -0.4 is 4.74 Å². The molecule has 0 radical (unpaired) electrons. The van der Waals surface area contributed by atoms with Crippen molar-refractivity contribution < 1.29 is 33.3 Å². The topological polar surface area (TPSA) is 83.8 Å². The van der Waals surface area contributed by atoms with E-state index in [4.69, 9.17) is 10.2 Å². The minimum Gasteiger partial charge on any atom is -0.478 e. The number of hydrogen-bond donors (Lipinski definition) is 2. The van der Waals surface area contributed by atoms with E-state index in [9.17, 15) is 18.4 Å². The third-order valence-electron chi connectivity index (χ3n) is 2.55. The molecule has 2 rings (SSSR count). The standard InChI is InChI=1S/C13H8F2O5/c14-13(15,12(18)19)20-10-4-3-7-5-9(11(16)17)2-1-8(7)6-10/h1-6H,(H,16,17)(H,18,19). The number of aromatic carboxylic acids is 1. The van der Waals surface area contributed by atoms with E-state index in [2.05, 4.69) is 4.74 Å². The van der Waals surface area contributed by atoms with E-state index in [1.807, 2.05) is 0 Å². The first-order chi connectivity index (χ1) is 9.29. The number of fused-ring (bicyclic) bond motifs is 1. The average Bonchev–Trinajstić information content (AvgIpc) is 2.37. The number of benzene rings is 2. The first-order valence-corrected chi connectivity index (χ1v) is 5.37. The summed E-state index contributed by atoms with van der Waals surface area (Å²) in [4.78, 5) is 21.1. The Morgan fingerprint density at radius 2 is 1.60 bits per heavy atom. The molecule has 0 atom stereocenters. The van der Waals surface area contributed by atoms with Crippen LogP contribution in [-0.2, 0) is 4.79 Å². The van der Waals surface area contributed by atoms with Crippen molar-refractivity contribution in [3.63, 3.8) is 0 Å². The Kier molecular flexibility index (Phi) is 3.27. The Labute approximate surface area is 111 Å². The molecule has 0 aromatic heterocycles. The zero-order valence-corrected chi connectivity index (χ0v) is 9.84. The molecule has 0 aliphatic carbocycles. The van der Waals surface area contributed by atoms with Gasteiger partial charge >= 0.3 is 18.0 Å². The van der Waals surface area contributed by atoms with Crippen molar-refractivity contribution in [2.45, 2.75) is 6.11 Å². The quantitative estimate of drug-likeness (QED) is 0.900. The molecule has 0 heterocycles. The molecule has 7 heteroatoms. The lowest BCUT2D eigenvalue weighted by Gasteiger charge is -2.13. The van der Waals surface area contributed by atoms with E-state index in [-0.39, 0.29) is 11.3 Å². The lowest BCUT2D eigenvalue weighted by atomic mass is 10.1. The van der Waals surface area contributed by atoms with Crippen LogP contribution in [0.2, 0.25) is 0 Å². The Bertz CT molecular complexity index is 696. The Morgan fingerprint density at radius 1 is 1.00 bits per heavy atom. The monoisotopic (exact) mass is 282 g/mol. The molecule has 0 bridgehead atoms. The molecule has 104 valence electrons. The van der Waals surface area contributed by atoms with Gasteiger partial charge in [-0.2, -0.15) is 8.78 Å². The third kappa shape index (κ3) is 2.66. The summed E-state index contributed by atoms with van der Waals surface area (Å²) in [5.74, 6) is -3.82. The van der Waals surface area contributed by atoms with Crippen LogP contribution in [0, 0.1) is 0 Å². The second-order valence-electron chi connectivity index (χ2n) is 3.95. The fourth-order valence-corrected chi connectivity index (χ4v) is 1.61. The highest BCUT2D eigenvalue weighted by atomic mass is 19.3. The third-order valence-corrected chi connectivity index (χ3v) is 2.55. The van der Waals surface area contributed by atoms with E-state index >= 15 is 0 Å². The SMILES string of the molecule is O=C(O)c1ccc2cc(OC(F)(F)C(=O)O)ccc2c1. The second kappa shape index (κ2) is 4.76. The number of carbonyl (C=O) groups is 2. The molecule has 2 N–H and O–H groups in total. The van der Waals surface area contributed by atoms with Crippen LogP contribution in [0.1, 0.15) is 10.4 Å². The van der Waals surface area contributed by atoms with Gasteiger partial charge in [0, 0.05) is 0 Å². The molecule has 5 nitrogen and oxygen atoms in total. The zero-order chi connectivity index (χ0) is 14.9. The fraction of sp³-hybridized carbons (Fsp3) is 0.0769. The van der Waals surface area contributed by atoms with Gasteiger partial charge < -0.3 is 14.9 Å². The van der Waals surface area contributed by atoms with Crippen LogP contribution in [0.4, 0.5) is 8.78 Å². The van der Waals surface area contributed by atoms with Gasteiger partial charge in [-0.15, -0.1) is 0 Å². The summed E-state index contributed by atoms with van der Waals surface area (Å²) < 4.78 is 29.9. The molecule has 0 fully saturated rings. The first kappa shape index (κ1) is 13.7. The van der Waals surface area contributed by atoms with Crippen LogP contribution in [0.3, 0.4) is 0 Å². The van der Waals surface area contributed by atoms with Gasteiger partial charge in [0.2, 0.25) is 0 Å². The summed E-state index contributed by atoms with van der Waals surface area (Å²) in [6.45, 7) is 0. The van der Waals surface area contributed by atoms with Crippen molar-refractivity contribution in [1.82, 2.24) is 0 Å². The van der Waals surface area contributed by atoms with Gasteiger partial charge in [-0.25, -0.2) is 9.59 Å². The van der Waals surface area contributed by atoms with Crippen LogP contribution in [-0.4, -0.2) is 28.3 Å². The minimum absolute atomic E-state index is 0.0574. The largest absolute Gasteiger partial charge is 0.501 e. The highest BCUT2D eigenvalue weighted by molar-refractivity contribution is 5.94. The molecule has 2 aromatic carbocycles. The molecule has 0 amide bonds. The summed E-state index contributed by atoms with van der Waals surface area (Å²) in [6.07, 6.45) is -4.32. The summed E-state index contributed by atoms with van der Waals surface area (Å²) in [6, 6.07) is 7.82. The van der Waals surface area contributed by atoms with Crippen molar-refractivity contribution >= 4 is 22.7 Å². The number of hydrogen-bond acceptors (Lipinski definition) is 3. The number of carboxylic acids is 2. The number of rotatable bonds is 4. The van der Waals surface area contributed by atoms with E-state index in [1.165, 1.54) is 30.3 Å². The maximum absolute atomic E-state index is 12.9. The molecule has 0 aliphatic rings. The minimum atomic E-state index is -4.32. The van der Waals surface area contributed by atoms with Gasteiger partial charge in [-0.1, -0.05) is 12.1 Å². The molecule has 0 saturated carbocycles. The highest BCUT2D eigenvalue weighted by Gasteiger charge is 2.42. The maximum Gasteiger partial charge on any atom is 0.501 e. The van der Waals surface area contributed by atoms with Gasteiger partial charge in [-0.3, -0.25) is 0 Å². The highest BCUT2D eigenvalue weighted by Crippen LogP contribution is 2.26. The summed E-state index contributed by atoms with van der Waals surface area (Å²) in [7, 11) is 0. The van der Waals surface area contributed by atoms with Gasteiger partial charge in [0.15, 0.2) is 0 Å². The van der Waals surface area contributed by atoms with Crippen LogP contribution in [0.25, 0.3) is 10.8 Å². The predicted octanol–water partition coefficient (Wildman–Crippen LogP) is 2.59. The van der Waals surface area contributed by atoms with Crippen molar-refractivity contribution in [3.8, 4) is 5.75 Å². The fourth-order valence-electron chi connectivity index (χ4n) is 1.61. The van der Waals surface area contributed by atoms with Crippen LogP contribution in [0.15, 0.2) is 36.4 Å². The predicted molar refractivity (Wildman–Crippen MR) is 64.1 cm³/mol. The number of alkyl halides is 2. The molecule has 0 saturated heterocycles. The summed E-state index contributed by atoms with van der Waals surface area (Å²) >= 11 is 0. The molecule has 0 aliphatic heterocycles. The van der Waals surface area contributed by atoms with Gasteiger partial charge in [0.25, 0.3) is 0 Å². The first-order valence-electron chi connectivity index (χ1n) is 5.37.